The molecule has 1 aromatic carbocycles. The van der Waals surface area contributed by atoms with E-state index in [1.165, 1.54) is 0 Å². The largest absolute Gasteiger partial charge is 0.493 e. The number of fused-ring (bicyclic) bond motifs is 1. The standard InChI is InChI=1S/C13H12N2O3S/c16-13-18-11-6-10(3-4-12(11)19-13)17-5-1-2-9-7-14-8-15-9/h3-4,6-8H,1-2,5H2,(H,14,15). The van der Waals surface area contributed by atoms with Gasteiger partial charge in [0, 0.05) is 18.0 Å². The summed E-state index contributed by atoms with van der Waals surface area (Å²) < 4.78 is 11.5. The molecule has 6 heteroatoms. The maximum absolute atomic E-state index is 11.1. The number of ether oxygens (including phenoxy) is 1. The molecule has 0 aliphatic heterocycles. The number of aryl methyl sites for hydroxylation is 1. The van der Waals surface area contributed by atoms with E-state index in [9.17, 15) is 4.79 Å². The summed E-state index contributed by atoms with van der Waals surface area (Å²) in [7, 11) is 0. The lowest BCUT2D eigenvalue weighted by molar-refractivity contribution is 0.310. The number of hydrogen-bond donors (Lipinski definition) is 1. The van der Waals surface area contributed by atoms with Crippen LogP contribution >= 0.6 is 11.3 Å². The second kappa shape index (κ2) is 5.27. The predicted molar refractivity (Wildman–Crippen MR) is 72.8 cm³/mol. The van der Waals surface area contributed by atoms with E-state index >= 15 is 0 Å². The molecule has 19 heavy (non-hydrogen) atoms. The fourth-order valence-corrected chi connectivity index (χ4v) is 2.46. The Morgan fingerprint density at radius 3 is 3.21 bits per heavy atom. The zero-order valence-electron chi connectivity index (χ0n) is 10.1. The van der Waals surface area contributed by atoms with Gasteiger partial charge in [-0.1, -0.05) is 11.3 Å². The van der Waals surface area contributed by atoms with Crippen molar-refractivity contribution in [2.75, 3.05) is 6.61 Å². The van der Waals surface area contributed by atoms with Gasteiger partial charge in [-0.25, -0.2) is 9.78 Å². The van der Waals surface area contributed by atoms with Crippen molar-refractivity contribution in [3.63, 3.8) is 0 Å². The lowest BCUT2D eigenvalue weighted by Gasteiger charge is -2.04. The Balaban J connectivity index is 1.57. The van der Waals surface area contributed by atoms with Crippen LogP contribution in [0, 0.1) is 0 Å². The molecule has 0 unspecified atom stereocenters. The van der Waals surface area contributed by atoms with Crippen molar-refractivity contribution >= 4 is 21.6 Å². The van der Waals surface area contributed by atoms with Crippen LogP contribution in [0.2, 0.25) is 0 Å². The van der Waals surface area contributed by atoms with Crippen molar-refractivity contribution in [2.24, 2.45) is 0 Å². The number of H-pyrrole nitrogens is 1. The average Bonchev–Trinajstić information content (AvgIpc) is 3.02. The molecule has 5 nitrogen and oxygen atoms in total. The minimum Gasteiger partial charge on any atom is -0.493 e. The van der Waals surface area contributed by atoms with Crippen LogP contribution < -0.4 is 9.68 Å². The molecule has 0 aliphatic carbocycles. The van der Waals surface area contributed by atoms with Gasteiger partial charge in [0.25, 0.3) is 0 Å². The quantitative estimate of drug-likeness (QED) is 0.727. The highest BCUT2D eigenvalue weighted by molar-refractivity contribution is 7.16. The van der Waals surface area contributed by atoms with Crippen LogP contribution in [0.5, 0.6) is 5.75 Å². The second-order valence-electron chi connectivity index (χ2n) is 4.09. The third-order valence-corrected chi connectivity index (χ3v) is 3.52. The topological polar surface area (TPSA) is 68.1 Å². The molecule has 0 aliphatic rings. The number of imidazole rings is 1. The smallest absolute Gasteiger partial charge is 0.396 e. The van der Waals surface area contributed by atoms with Gasteiger partial charge >= 0.3 is 4.94 Å². The normalized spacial score (nSPS) is 10.9. The minimum absolute atomic E-state index is 0.286. The fourth-order valence-electron chi connectivity index (χ4n) is 1.82. The van der Waals surface area contributed by atoms with Crippen molar-refractivity contribution in [1.29, 1.82) is 0 Å². The van der Waals surface area contributed by atoms with E-state index in [1.54, 1.807) is 12.4 Å². The highest BCUT2D eigenvalue weighted by Gasteiger charge is 2.03. The SMILES string of the molecule is O=c1oc2cc(OCCCc3cnc[nH]3)ccc2s1. The Morgan fingerprint density at radius 2 is 2.37 bits per heavy atom. The molecule has 0 amide bonds. The molecule has 2 aromatic heterocycles. The predicted octanol–water partition coefficient (Wildman–Crippen LogP) is 2.59. The molecule has 0 fully saturated rings. The molecule has 98 valence electrons. The maximum Gasteiger partial charge on any atom is 0.396 e. The van der Waals surface area contributed by atoms with Crippen molar-refractivity contribution in [3.8, 4) is 5.75 Å². The first kappa shape index (κ1) is 12.0. The van der Waals surface area contributed by atoms with Gasteiger partial charge in [-0.05, 0) is 25.0 Å². The number of benzene rings is 1. The van der Waals surface area contributed by atoms with Gasteiger partial charge < -0.3 is 14.1 Å². The van der Waals surface area contributed by atoms with Crippen LogP contribution in [-0.4, -0.2) is 16.6 Å². The Hall–Kier alpha value is -2.08. The summed E-state index contributed by atoms with van der Waals surface area (Å²) in [6.45, 7) is 0.610. The summed E-state index contributed by atoms with van der Waals surface area (Å²) in [5, 5.41) is 0. The summed E-state index contributed by atoms with van der Waals surface area (Å²) in [5.74, 6) is 0.721. The van der Waals surface area contributed by atoms with E-state index in [1.807, 2.05) is 18.3 Å². The highest BCUT2D eigenvalue weighted by Crippen LogP contribution is 2.22. The van der Waals surface area contributed by atoms with Gasteiger partial charge in [-0.15, -0.1) is 0 Å². The van der Waals surface area contributed by atoms with E-state index < -0.39 is 0 Å². The van der Waals surface area contributed by atoms with E-state index in [4.69, 9.17) is 9.15 Å². The zero-order valence-corrected chi connectivity index (χ0v) is 10.9. The van der Waals surface area contributed by atoms with Crippen LogP contribution in [0.1, 0.15) is 12.1 Å². The van der Waals surface area contributed by atoms with Gasteiger partial charge in [0.1, 0.15) is 5.75 Å². The molecule has 0 bridgehead atoms. The highest BCUT2D eigenvalue weighted by atomic mass is 32.1. The summed E-state index contributed by atoms with van der Waals surface area (Å²) in [4.78, 5) is 17.8. The van der Waals surface area contributed by atoms with Crippen LogP contribution in [0.4, 0.5) is 0 Å². The second-order valence-corrected chi connectivity index (χ2v) is 5.07. The fraction of sp³-hybridized carbons (Fsp3) is 0.231. The first-order valence-corrected chi connectivity index (χ1v) is 6.77. The molecule has 0 saturated carbocycles. The first-order chi connectivity index (χ1) is 9.31. The summed E-state index contributed by atoms with van der Waals surface area (Å²) >= 11 is 1.10. The van der Waals surface area contributed by atoms with E-state index in [0.29, 0.717) is 12.2 Å². The van der Waals surface area contributed by atoms with Crippen molar-refractivity contribution in [2.45, 2.75) is 12.8 Å². The number of rotatable bonds is 5. The van der Waals surface area contributed by atoms with Crippen LogP contribution in [-0.2, 0) is 6.42 Å². The van der Waals surface area contributed by atoms with Crippen LogP contribution in [0.25, 0.3) is 10.3 Å². The van der Waals surface area contributed by atoms with Crippen molar-refractivity contribution < 1.29 is 9.15 Å². The number of aromatic nitrogens is 2. The number of nitrogens with zero attached hydrogens (tertiary/aromatic N) is 1. The van der Waals surface area contributed by atoms with E-state index in [-0.39, 0.29) is 4.94 Å². The Kier molecular flexibility index (Phi) is 3.33. The lowest BCUT2D eigenvalue weighted by atomic mass is 10.2. The third kappa shape index (κ3) is 2.85. The zero-order chi connectivity index (χ0) is 13.1. The first-order valence-electron chi connectivity index (χ1n) is 5.95. The maximum atomic E-state index is 11.1. The van der Waals surface area contributed by atoms with Crippen molar-refractivity contribution in [1.82, 2.24) is 9.97 Å². The Morgan fingerprint density at radius 1 is 1.42 bits per heavy atom. The molecule has 0 atom stereocenters. The molecule has 0 saturated heterocycles. The summed E-state index contributed by atoms with van der Waals surface area (Å²) in [5.41, 5.74) is 1.68. The number of nitrogens with one attached hydrogen (secondary N) is 1. The monoisotopic (exact) mass is 276 g/mol. The van der Waals surface area contributed by atoms with Gasteiger partial charge in [-0.3, -0.25) is 0 Å². The molecule has 3 aromatic rings. The Bertz CT molecular complexity index is 715. The summed E-state index contributed by atoms with van der Waals surface area (Å²) in [6, 6.07) is 5.45. The molecular formula is C13H12N2O3S. The van der Waals surface area contributed by atoms with Crippen molar-refractivity contribution in [3.05, 3.63) is 46.2 Å². The van der Waals surface area contributed by atoms with Gasteiger partial charge in [0.2, 0.25) is 0 Å². The molecule has 0 radical (unpaired) electrons. The molecule has 0 spiro atoms. The lowest BCUT2D eigenvalue weighted by Crippen LogP contribution is -1.99. The number of aromatic amines is 1. The minimum atomic E-state index is -0.286. The van der Waals surface area contributed by atoms with Crippen LogP contribution in [0.15, 0.2) is 39.9 Å². The molecule has 2 heterocycles. The Labute approximate surface area is 112 Å². The van der Waals surface area contributed by atoms with E-state index in [2.05, 4.69) is 9.97 Å². The summed E-state index contributed by atoms with van der Waals surface area (Å²) in [6.07, 6.45) is 5.28. The molecular weight excluding hydrogens is 264 g/mol. The van der Waals surface area contributed by atoms with Gasteiger partial charge in [0.15, 0.2) is 5.58 Å². The van der Waals surface area contributed by atoms with E-state index in [0.717, 1.165) is 40.3 Å². The number of hydrogen-bond acceptors (Lipinski definition) is 5. The molecule has 1 N–H and O–H groups in total. The van der Waals surface area contributed by atoms with Gasteiger partial charge in [-0.2, -0.15) is 0 Å². The third-order valence-electron chi connectivity index (χ3n) is 2.72. The van der Waals surface area contributed by atoms with Gasteiger partial charge in [0.05, 0.1) is 17.6 Å². The van der Waals surface area contributed by atoms with Crippen LogP contribution in [0.3, 0.4) is 0 Å². The average molecular weight is 276 g/mol. The molecule has 3 rings (SSSR count).